The molecule has 2 aromatic carbocycles. The van der Waals surface area contributed by atoms with E-state index in [1.165, 1.54) is 11.1 Å². The number of methoxy groups -OCH3 is 2. The van der Waals surface area contributed by atoms with Crippen LogP contribution in [0, 0.1) is 6.92 Å². The Morgan fingerprint density at radius 2 is 1.90 bits per heavy atom. The highest BCUT2D eigenvalue weighted by atomic mass is 32.2. The van der Waals surface area contributed by atoms with E-state index in [4.69, 9.17) is 9.47 Å². The molecule has 8 heteroatoms. The molecule has 1 heterocycles. The zero-order valence-corrected chi connectivity index (χ0v) is 19.3. The smallest absolute Gasteiger partial charge is 0.225 e. The first-order chi connectivity index (χ1) is 14.9. The molecule has 164 valence electrons. The summed E-state index contributed by atoms with van der Waals surface area (Å²) in [6.07, 6.45) is 0.178. The number of thioether (sulfide) groups is 1. The van der Waals surface area contributed by atoms with Crippen molar-refractivity contribution in [2.75, 3.05) is 14.2 Å². The van der Waals surface area contributed by atoms with E-state index in [0.717, 1.165) is 16.5 Å². The third-order valence-electron chi connectivity index (χ3n) is 5.09. The summed E-state index contributed by atoms with van der Waals surface area (Å²) in [7, 11) is 5.10. The second kappa shape index (κ2) is 10.3. The summed E-state index contributed by atoms with van der Waals surface area (Å²) < 4.78 is 12.6. The van der Waals surface area contributed by atoms with Crippen molar-refractivity contribution < 1.29 is 14.3 Å². The third-order valence-corrected chi connectivity index (χ3v) is 6.16. The van der Waals surface area contributed by atoms with Crippen molar-refractivity contribution in [3.05, 3.63) is 65.0 Å². The summed E-state index contributed by atoms with van der Waals surface area (Å²) in [4.78, 5) is 12.7. The van der Waals surface area contributed by atoms with Crippen LogP contribution < -0.4 is 14.8 Å². The van der Waals surface area contributed by atoms with E-state index >= 15 is 0 Å². The van der Waals surface area contributed by atoms with Gasteiger partial charge in [0.1, 0.15) is 11.5 Å². The van der Waals surface area contributed by atoms with E-state index in [9.17, 15) is 4.79 Å². The fraction of sp³-hybridized carbons (Fsp3) is 0.348. The monoisotopic (exact) mass is 440 g/mol. The Kier molecular flexibility index (Phi) is 7.57. The molecule has 1 N–H and O–H groups in total. The molecule has 0 saturated heterocycles. The molecule has 0 aliphatic carbocycles. The van der Waals surface area contributed by atoms with Gasteiger partial charge in [0.05, 0.1) is 26.7 Å². The molecule has 0 saturated carbocycles. The molecular formula is C23H28N4O3S. The van der Waals surface area contributed by atoms with E-state index in [-0.39, 0.29) is 18.4 Å². The molecule has 1 aromatic heterocycles. The van der Waals surface area contributed by atoms with Gasteiger partial charge >= 0.3 is 0 Å². The van der Waals surface area contributed by atoms with E-state index in [0.29, 0.717) is 17.3 Å². The van der Waals surface area contributed by atoms with Crippen molar-refractivity contribution in [2.45, 2.75) is 37.2 Å². The van der Waals surface area contributed by atoms with Crippen LogP contribution in [0.15, 0.2) is 47.6 Å². The number of aryl methyl sites for hydroxylation is 1. The summed E-state index contributed by atoms with van der Waals surface area (Å²) >= 11 is 1.63. The van der Waals surface area contributed by atoms with Crippen molar-refractivity contribution in [2.24, 2.45) is 7.05 Å². The quantitative estimate of drug-likeness (QED) is 0.509. The maximum Gasteiger partial charge on any atom is 0.225 e. The average molecular weight is 441 g/mol. The van der Waals surface area contributed by atoms with Crippen molar-refractivity contribution in [3.8, 4) is 11.5 Å². The Morgan fingerprint density at radius 3 is 2.61 bits per heavy atom. The second-order valence-electron chi connectivity index (χ2n) is 7.26. The molecule has 1 amide bonds. The third kappa shape index (κ3) is 5.58. The first-order valence-electron chi connectivity index (χ1n) is 9.99. The molecule has 0 aliphatic heterocycles. The lowest BCUT2D eigenvalue weighted by Crippen LogP contribution is -2.29. The van der Waals surface area contributed by atoms with Gasteiger partial charge in [-0.15, -0.1) is 10.2 Å². The van der Waals surface area contributed by atoms with Gasteiger partial charge in [0, 0.05) is 18.4 Å². The molecule has 3 rings (SSSR count). The van der Waals surface area contributed by atoms with Gasteiger partial charge in [-0.3, -0.25) is 4.79 Å². The van der Waals surface area contributed by atoms with Gasteiger partial charge in [-0.05, 0) is 43.2 Å². The minimum absolute atomic E-state index is 0.129. The number of rotatable bonds is 9. The minimum atomic E-state index is -0.283. The molecule has 0 spiro atoms. The van der Waals surface area contributed by atoms with Gasteiger partial charge in [-0.1, -0.05) is 36.0 Å². The molecule has 0 bridgehead atoms. The van der Waals surface area contributed by atoms with Crippen LogP contribution in [0.5, 0.6) is 11.5 Å². The number of hydrogen-bond acceptors (Lipinski definition) is 6. The maximum atomic E-state index is 12.7. The molecule has 7 nitrogen and oxygen atoms in total. The minimum Gasteiger partial charge on any atom is -0.497 e. The van der Waals surface area contributed by atoms with Gasteiger partial charge in [0.15, 0.2) is 11.0 Å². The highest BCUT2D eigenvalue weighted by Crippen LogP contribution is 2.26. The van der Waals surface area contributed by atoms with Crippen LogP contribution in [0.3, 0.4) is 0 Å². The van der Waals surface area contributed by atoms with E-state index in [1.807, 2.05) is 36.7 Å². The summed E-state index contributed by atoms with van der Waals surface area (Å²) in [5.41, 5.74) is 3.29. The fourth-order valence-electron chi connectivity index (χ4n) is 3.29. The van der Waals surface area contributed by atoms with Crippen LogP contribution in [-0.4, -0.2) is 34.9 Å². The van der Waals surface area contributed by atoms with Crippen LogP contribution in [0.25, 0.3) is 0 Å². The summed E-state index contributed by atoms with van der Waals surface area (Å²) in [5, 5.41) is 12.4. The van der Waals surface area contributed by atoms with Gasteiger partial charge in [0.2, 0.25) is 5.91 Å². The van der Waals surface area contributed by atoms with Crippen LogP contribution in [0.2, 0.25) is 0 Å². The number of carbonyl (C=O) groups excluding carboxylic acids is 1. The number of carbonyl (C=O) groups is 1. The Hall–Kier alpha value is -3.00. The Morgan fingerprint density at radius 1 is 1.13 bits per heavy atom. The molecule has 3 aromatic rings. The fourth-order valence-corrected chi connectivity index (χ4v) is 4.29. The van der Waals surface area contributed by atoms with E-state index < -0.39 is 0 Å². The van der Waals surface area contributed by atoms with Gasteiger partial charge in [-0.25, -0.2) is 0 Å². The SMILES string of the molecule is COc1ccc(OC)c(CC(=O)NC(C)c2nnc(SCc3ccccc3C)n2C)c1. The first-order valence-corrected chi connectivity index (χ1v) is 11.0. The Labute approximate surface area is 187 Å². The lowest BCUT2D eigenvalue weighted by atomic mass is 10.1. The number of benzene rings is 2. The second-order valence-corrected chi connectivity index (χ2v) is 8.20. The van der Waals surface area contributed by atoms with E-state index in [2.05, 4.69) is 34.6 Å². The predicted octanol–water partition coefficient (Wildman–Crippen LogP) is 3.85. The Bertz CT molecular complexity index is 1050. The summed E-state index contributed by atoms with van der Waals surface area (Å²) in [5.74, 6) is 2.72. The van der Waals surface area contributed by atoms with Crippen molar-refractivity contribution >= 4 is 17.7 Å². The maximum absolute atomic E-state index is 12.7. The van der Waals surface area contributed by atoms with Crippen molar-refractivity contribution in [1.82, 2.24) is 20.1 Å². The van der Waals surface area contributed by atoms with E-state index in [1.54, 1.807) is 38.1 Å². The lowest BCUT2D eigenvalue weighted by Gasteiger charge is -2.15. The topological polar surface area (TPSA) is 78.3 Å². The van der Waals surface area contributed by atoms with Crippen LogP contribution in [0.4, 0.5) is 0 Å². The van der Waals surface area contributed by atoms with Gasteiger partial charge < -0.3 is 19.4 Å². The number of hydrogen-bond donors (Lipinski definition) is 1. The predicted molar refractivity (Wildman–Crippen MR) is 122 cm³/mol. The average Bonchev–Trinajstić information content (AvgIpc) is 3.13. The number of amides is 1. The van der Waals surface area contributed by atoms with Crippen molar-refractivity contribution in [3.63, 3.8) is 0 Å². The van der Waals surface area contributed by atoms with Gasteiger partial charge in [0.25, 0.3) is 0 Å². The van der Waals surface area contributed by atoms with Crippen LogP contribution in [-0.2, 0) is 24.0 Å². The summed E-state index contributed by atoms with van der Waals surface area (Å²) in [6, 6.07) is 13.4. The number of aromatic nitrogens is 3. The lowest BCUT2D eigenvalue weighted by molar-refractivity contribution is -0.121. The molecule has 0 aliphatic rings. The summed E-state index contributed by atoms with van der Waals surface area (Å²) in [6.45, 7) is 4.01. The zero-order chi connectivity index (χ0) is 22.4. The Balaban J connectivity index is 1.64. The highest BCUT2D eigenvalue weighted by Gasteiger charge is 2.19. The largest absolute Gasteiger partial charge is 0.497 e. The van der Waals surface area contributed by atoms with Crippen molar-refractivity contribution in [1.29, 1.82) is 0 Å². The van der Waals surface area contributed by atoms with Gasteiger partial charge in [-0.2, -0.15) is 0 Å². The standard InChI is InChI=1S/C23H28N4O3S/c1-15-8-6-7-9-17(15)14-31-23-26-25-22(27(23)3)16(2)24-21(28)13-18-12-19(29-4)10-11-20(18)30-5/h6-12,16H,13-14H2,1-5H3,(H,24,28). The highest BCUT2D eigenvalue weighted by molar-refractivity contribution is 7.98. The first kappa shape index (κ1) is 22.7. The molecule has 1 atom stereocenters. The zero-order valence-electron chi connectivity index (χ0n) is 18.5. The van der Waals surface area contributed by atoms with Crippen LogP contribution in [0.1, 0.15) is 35.5 Å². The molecule has 31 heavy (non-hydrogen) atoms. The number of nitrogens with one attached hydrogen (secondary N) is 1. The normalized spacial score (nSPS) is 11.8. The molecule has 0 fully saturated rings. The van der Waals surface area contributed by atoms with Crippen LogP contribution >= 0.6 is 11.8 Å². The molecule has 0 radical (unpaired) electrons. The number of nitrogens with zero attached hydrogens (tertiary/aromatic N) is 3. The molecular weight excluding hydrogens is 412 g/mol. The number of ether oxygens (including phenoxy) is 2. The molecule has 1 unspecified atom stereocenters.